The molecule has 0 saturated heterocycles. The third kappa shape index (κ3) is 3.80. The minimum Gasteiger partial charge on any atom is -0.491 e. The maximum atomic E-state index is 11.9. The Morgan fingerprint density at radius 3 is 3.04 bits per heavy atom. The van der Waals surface area contributed by atoms with Crippen LogP contribution in [0.15, 0.2) is 22.7 Å². The molecular formula is C16H20N4O3. The number of ether oxygens (including phenoxy) is 1. The highest BCUT2D eigenvalue weighted by Gasteiger charge is 2.22. The van der Waals surface area contributed by atoms with E-state index in [1.54, 1.807) is 6.92 Å². The molecular weight excluding hydrogens is 296 g/mol. The molecule has 1 atom stereocenters. The van der Waals surface area contributed by atoms with E-state index in [1.165, 1.54) is 0 Å². The highest BCUT2D eigenvalue weighted by Crippen LogP contribution is 2.28. The van der Waals surface area contributed by atoms with Crippen molar-refractivity contribution in [1.29, 1.82) is 0 Å². The van der Waals surface area contributed by atoms with Gasteiger partial charge in [-0.1, -0.05) is 23.4 Å². The number of para-hydroxylation sites is 1. The molecule has 23 heavy (non-hydrogen) atoms. The average molecular weight is 316 g/mol. The number of hydrogen-bond acceptors (Lipinski definition) is 5. The number of hydrogen-bond donors (Lipinski definition) is 2. The second-order valence-electron chi connectivity index (χ2n) is 5.66. The lowest BCUT2D eigenvalue weighted by Crippen LogP contribution is -2.47. The lowest BCUT2D eigenvalue weighted by atomic mass is 10.0. The van der Waals surface area contributed by atoms with Gasteiger partial charge in [0.1, 0.15) is 12.4 Å². The second kappa shape index (κ2) is 6.68. The van der Waals surface area contributed by atoms with Gasteiger partial charge in [-0.05, 0) is 31.4 Å². The molecule has 0 aliphatic carbocycles. The highest BCUT2D eigenvalue weighted by molar-refractivity contribution is 5.74. The third-order valence-electron chi connectivity index (χ3n) is 3.72. The zero-order chi connectivity index (χ0) is 16.2. The van der Waals surface area contributed by atoms with Crippen molar-refractivity contribution in [3.63, 3.8) is 0 Å². The summed E-state index contributed by atoms with van der Waals surface area (Å²) in [7, 11) is 0. The van der Waals surface area contributed by atoms with Gasteiger partial charge in [-0.3, -0.25) is 0 Å². The number of nitrogens with one attached hydrogen (secondary N) is 2. The number of rotatable bonds is 4. The van der Waals surface area contributed by atoms with Crippen LogP contribution in [0.2, 0.25) is 0 Å². The van der Waals surface area contributed by atoms with Crippen LogP contribution in [0.25, 0.3) is 0 Å². The number of benzene rings is 1. The van der Waals surface area contributed by atoms with E-state index in [1.807, 2.05) is 25.1 Å². The largest absolute Gasteiger partial charge is 0.491 e. The number of amides is 2. The minimum atomic E-state index is -0.217. The summed E-state index contributed by atoms with van der Waals surface area (Å²) in [4.78, 5) is 16.0. The predicted molar refractivity (Wildman–Crippen MR) is 83.4 cm³/mol. The van der Waals surface area contributed by atoms with Crippen molar-refractivity contribution in [2.24, 2.45) is 0 Å². The van der Waals surface area contributed by atoms with Gasteiger partial charge in [0.15, 0.2) is 5.82 Å². The van der Waals surface area contributed by atoms with Gasteiger partial charge in [-0.15, -0.1) is 0 Å². The average Bonchev–Trinajstić information content (AvgIpc) is 2.93. The number of aryl methyl sites for hydroxylation is 2. The van der Waals surface area contributed by atoms with Gasteiger partial charge in [0.05, 0.1) is 6.04 Å². The molecule has 1 aliphatic rings. The van der Waals surface area contributed by atoms with Crippen LogP contribution in [0.1, 0.15) is 22.8 Å². The predicted octanol–water partition coefficient (Wildman–Crippen LogP) is 1.53. The van der Waals surface area contributed by atoms with Gasteiger partial charge in [-0.25, -0.2) is 4.79 Å². The Morgan fingerprint density at radius 1 is 1.39 bits per heavy atom. The van der Waals surface area contributed by atoms with Crippen molar-refractivity contribution in [3.05, 3.63) is 41.0 Å². The van der Waals surface area contributed by atoms with E-state index in [4.69, 9.17) is 9.26 Å². The number of carbonyl (C=O) groups is 1. The molecule has 1 aromatic heterocycles. The third-order valence-corrected chi connectivity index (χ3v) is 3.72. The van der Waals surface area contributed by atoms with Crippen LogP contribution in [-0.2, 0) is 12.8 Å². The Hall–Kier alpha value is -2.57. The van der Waals surface area contributed by atoms with E-state index >= 15 is 0 Å². The summed E-state index contributed by atoms with van der Waals surface area (Å²) < 4.78 is 10.8. The molecule has 7 heteroatoms. The molecule has 122 valence electrons. The lowest BCUT2D eigenvalue weighted by Gasteiger charge is -2.27. The zero-order valence-corrected chi connectivity index (χ0v) is 13.3. The molecule has 0 radical (unpaired) electrons. The normalized spacial score (nSPS) is 16.3. The Balaban J connectivity index is 1.45. The molecule has 1 aliphatic heterocycles. The summed E-state index contributed by atoms with van der Waals surface area (Å²) in [5.74, 6) is 2.06. The summed E-state index contributed by atoms with van der Waals surface area (Å²) in [6.07, 6.45) is 1.28. The molecule has 0 bridgehead atoms. The SMILES string of the molecule is Cc1noc(CCNC(=O)N[C@@H]2COc3c(C)cccc3C2)n1. The quantitative estimate of drug-likeness (QED) is 0.893. The first kappa shape index (κ1) is 15.3. The van der Waals surface area contributed by atoms with Gasteiger partial charge in [0.2, 0.25) is 5.89 Å². The van der Waals surface area contributed by atoms with Gasteiger partial charge >= 0.3 is 6.03 Å². The molecule has 0 spiro atoms. The van der Waals surface area contributed by atoms with E-state index in [9.17, 15) is 4.79 Å². The van der Waals surface area contributed by atoms with Gasteiger partial charge < -0.3 is 19.9 Å². The maximum absolute atomic E-state index is 11.9. The molecule has 0 saturated carbocycles. The van der Waals surface area contributed by atoms with Gasteiger partial charge in [-0.2, -0.15) is 4.98 Å². The topological polar surface area (TPSA) is 89.3 Å². The number of fused-ring (bicyclic) bond motifs is 1. The van der Waals surface area contributed by atoms with Crippen LogP contribution >= 0.6 is 0 Å². The van der Waals surface area contributed by atoms with Crippen molar-refractivity contribution < 1.29 is 14.1 Å². The number of aromatic nitrogens is 2. The van der Waals surface area contributed by atoms with Crippen LogP contribution in [0.5, 0.6) is 5.75 Å². The van der Waals surface area contributed by atoms with Crippen LogP contribution in [0.3, 0.4) is 0 Å². The van der Waals surface area contributed by atoms with Crippen LogP contribution in [-0.4, -0.2) is 35.4 Å². The fraction of sp³-hybridized carbons (Fsp3) is 0.438. The first-order valence-corrected chi connectivity index (χ1v) is 7.66. The van der Waals surface area contributed by atoms with E-state index < -0.39 is 0 Å². The number of carbonyl (C=O) groups excluding carboxylic acids is 1. The summed E-state index contributed by atoms with van der Waals surface area (Å²) in [5, 5.41) is 9.42. The Bertz CT molecular complexity index is 698. The molecule has 2 amide bonds. The zero-order valence-electron chi connectivity index (χ0n) is 13.3. The Kier molecular flexibility index (Phi) is 4.45. The minimum absolute atomic E-state index is 0.0325. The molecule has 1 aromatic carbocycles. The second-order valence-corrected chi connectivity index (χ2v) is 5.66. The van der Waals surface area contributed by atoms with Crippen molar-refractivity contribution >= 4 is 6.03 Å². The molecule has 0 fully saturated rings. The Morgan fingerprint density at radius 2 is 2.26 bits per heavy atom. The molecule has 2 heterocycles. The highest BCUT2D eigenvalue weighted by atomic mass is 16.5. The van der Waals surface area contributed by atoms with Crippen LogP contribution < -0.4 is 15.4 Å². The molecule has 3 rings (SSSR count). The van der Waals surface area contributed by atoms with Gasteiger partial charge in [0, 0.05) is 13.0 Å². The van der Waals surface area contributed by atoms with E-state index in [0.717, 1.165) is 23.3 Å². The number of urea groups is 1. The van der Waals surface area contributed by atoms with Crippen molar-refractivity contribution in [2.75, 3.05) is 13.2 Å². The molecule has 2 aromatic rings. The van der Waals surface area contributed by atoms with E-state index in [-0.39, 0.29) is 12.1 Å². The molecule has 7 nitrogen and oxygen atoms in total. The lowest BCUT2D eigenvalue weighted by molar-refractivity contribution is 0.214. The fourth-order valence-electron chi connectivity index (χ4n) is 2.64. The van der Waals surface area contributed by atoms with Crippen molar-refractivity contribution in [2.45, 2.75) is 32.7 Å². The van der Waals surface area contributed by atoms with E-state index in [2.05, 4.69) is 20.8 Å². The standard InChI is InChI=1S/C16H20N4O3/c1-10-4-3-5-12-8-13(9-22-15(10)12)19-16(21)17-7-6-14-18-11(2)20-23-14/h3-5,13H,6-9H2,1-2H3,(H2,17,19,21)/t13-/m0/s1. The summed E-state index contributed by atoms with van der Waals surface area (Å²) in [5.41, 5.74) is 2.25. The van der Waals surface area contributed by atoms with E-state index in [0.29, 0.717) is 31.3 Å². The Labute approximate surface area is 134 Å². The smallest absolute Gasteiger partial charge is 0.315 e. The van der Waals surface area contributed by atoms with Crippen molar-refractivity contribution in [1.82, 2.24) is 20.8 Å². The van der Waals surface area contributed by atoms with Crippen LogP contribution in [0, 0.1) is 13.8 Å². The van der Waals surface area contributed by atoms with Crippen LogP contribution in [0.4, 0.5) is 4.79 Å². The maximum Gasteiger partial charge on any atom is 0.315 e. The molecule has 2 N–H and O–H groups in total. The van der Waals surface area contributed by atoms with Crippen molar-refractivity contribution in [3.8, 4) is 5.75 Å². The monoisotopic (exact) mass is 316 g/mol. The van der Waals surface area contributed by atoms with Gasteiger partial charge in [0.25, 0.3) is 0 Å². The fourth-order valence-corrected chi connectivity index (χ4v) is 2.64. The first-order valence-electron chi connectivity index (χ1n) is 7.66. The summed E-state index contributed by atoms with van der Waals surface area (Å²) in [6.45, 7) is 4.71. The summed E-state index contributed by atoms with van der Waals surface area (Å²) in [6, 6.07) is 5.82. The molecule has 0 unspecified atom stereocenters. The summed E-state index contributed by atoms with van der Waals surface area (Å²) >= 11 is 0. The number of nitrogens with zero attached hydrogens (tertiary/aromatic N) is 2. The first-order chi connectivity index (χ1) is 11.1.